The fourth-order valence-corrected chi connectivity index (χ4v) is 2.55. The van der Waals surface area contributed by atoms with Gasteiger partial charge in [0.2, 0.25) is 5.88 Å². The molecule has 0 N–H and O–H groups in total. The molecular weight excluding hydrogens is 310 g/mol. The van der Waals surface area contributed by atoms with Gasteiger partial charge in [-0.3, -0.25) is 0 Å². The van der Waals surface area contributed by atoms with Gasteiger partial charge in [-0.15, -0.1) is 0 Å². The van der Waals surface area contributed by atoms with Crippen molar-refractivity contribution in [1.82, 2.24) is 19.9 Å². The van der Waals surface area contributed by atoms with Gasteiger partial charge in [-0.2, -0.15) is 0 Å². The second kappa shape index (κ2) is 5.65. The third kappa shape index (κ3) is 2.75. The van der Waals surface area contributed by atoms with Crippen LogP contribution >= 0.6 is 24.4 Å². The Kier molecular flexibility index (Phi) is 3.86. The first-order valence-electron chi connectivity index (χ1n) is 6.46. The van der Waals surface area contributed by atoms with Gasteiger partial charge in [0.25, 0.3) is 0 Å². The zero-order chi connectivity index (χ0) is 15.0. The summed E-state index contributed by atoms with van der Waals surface area (Å²) in [7, 11) is 3.33. The largest absolute Gasteiger partial charge is 0.480 e. The average molecular weight is 324 g/mol. The minimum Gasteiger partial charge on any atom is -0.480 e. The number of hydrogen-bond donors (Lipinski definition) is 1. The molecule has 8 heteroatoms. The van der Waals surface area contributed by atoms with Gasteiger partial charge in [-0.1, -0.05) is 24.4 Å². The van der Waals surface area contributed by atoms with Gasteiger partial charge in [0.1, 0.15) is 16.9 Å². The summed E-state index contributed by atoms with van der Waals surface area (Å²) in [4.78, 5) is 17.3. The molecule has 0 unspecified atom stereocenters. The van der Waals surface area contributed by atoms with Crippen LogP contribution in [-0.2, 0) is 0 Å². The van der Waals surface area contributed by atoms with Gasteiger partial charge >= 0.3 is 0 Å². The lowest BCUT2D eigenvalue weighted by Crippen LogP contribution is -2.08. The molecule has 2 aromatic heterocycles. The molecule has 0 aromatic carbocycles. The molecule has 0 atom stereocenters. The Hall–Kier alpha value is -1.60. The highest BCUT2D eigenvalue weighted by Crippen LogP contribution is 2.45. The normalized spacial score (nSPS) is 14.1. The lowest BCUT2D eigenvalue weighted by atomic mass is 10.1. The van der Waals surface area contributed by atoms with Crippen LogP contribution in [0.1, 0.15) is 24.5 Å². The van der Waals surface area contributed by atoms with Gasteiger partial charge in [-0.05, 0) is 12.8 Å². The molecule has 0 radical (unpaired) electrons. The molecule has 1 aliphatic carbocycles. The number of hydrogen-bond acceptors (Lipinski definition) is 7. The Morgan fingerprint density at radius 3 is 2.71 bits per heavy atom. The van der Waals surface area contributed by atoms with Gasteiger partial charge in [0, 0.05) is 13.0 Å². The predicted molar refractivity (Wildman–Crippen MR) is 84.0 cm³/mol. The molecule has 6 nitrogen and oxygen atoms in total. The number of rotatable bonds is 4. The standard InChI is InChI=1S/C13H14ClN5OS/c1-19(21)12-8(14)5-15-11(18-12)9-10(7-3-4-7)16-6-17-13(9)20-2/h5-7,21H,3-4H2,1-2H3. The number of methoxy groups -OCH3 is 1. The topological polar surface area (TPSA) is 64.0 Å². The van der Waals surface area contributed by atoms with E-state index in [4.69, 9.17) is 16.3 Å². The van der Waals surface area contributed by atoms with Gasteiger partial charge in [0.05, 0.1) is 19.0 Å². The summed E-state index contributed by atoms with van der Waals surface area (Å²) >= 11 is 10.3. The van der Waals surface area contributed by atoms with E-state index < -0.39 is 0 Å². The number of aromatic nitrogens is 4. The van der Waals surface area contributed by atoms with Crippen LogP contribution in [-0.4, -0.2) is 34.1 Å². The molecule has 0 amide bonds. The summed E-state index contributed by atoms with van der Waals surface area (Å²) in [6, 6.07) is 0. The second-order valence-corrected chi connectivity index (χ2v) is 5.81. The highest BCUT2D eigenvalue weighted by atomic mass is 35.5. The summed E-state index contributed by atoms with van der Waals surface area (Å²) in [5, 5.41) is 0.431. The maximum Gasteiger partial charge on any atom is 0.227 e. The molecular formula is C13H14ClN5OS. The molecule has 2 heterocycles. The first kappa shape index (κ1) is 14.3. The monoisotopic (exact) mass is 323 g/mol. The zero-order valence-corrected chi connectivity index (χ0v) is 13.3. The number of halogens is 1. The van der Waals surface area contributed by atoms with Crippen molar-refractivity contribution in [3.8, 4) is 17.3 Å². The van der Waals surface area contributed by atoms with Crippen LogP contribution in [0.15, 0.2) is 12.5 Å². The molecule has 21 heavy (non-hydrogen) atoms. The fourth-order valence-electron chi connectivity index (χ4n) is 2.12. The van der Waals surface area contributed by atoms with Crippen LogP contribution in [0, 0.1) is 0 Å². The van der Waals surface area contributed by atoms with Crippen molar-refractivity contribution < 1.29 is 4.74 Å². The van der Waals surface area contributed by atoms with Crippen molar-refractivity contribution in [2.45, 2.75) is 18.8 Å². The predicted octanol–water partition coefficient (Wildman–Crippen LogP) is 2.75. The van der Waals surface area contributed by atoms with E-state index in [0.717, 1.165) is 24.1 Å². The Labute approximate surface area is 133 Å². The highest BCUT2D eigenvalue weighted by Gasteiger charge is 2.31. The van der Waals surface area contributed by atoms with Gasteiger partial charge in [0.15, 0.2) is 11.6 Å². The summed E-state index contributed by atoms with van der Waals surface area (Å²) < 4.78 is 6.89. The molecule has 0 bridgehead atoms. The molecule has 110 valence electrons. The molecule has 1 saturated carbocycles. The van der Waals surface area contributed by atoms with Crippen LogP contribution in [0.25, 0.3) is 11.4 Å². The molecule has 3 rings (SSSR count). The van der Waals surface area contributed by atoms with Crippen LogP contribution in [0.4, 0.5) is 5.82 Å². The second-order valence-electron chi connectivity index (χ2n) is 4.81. The van der Waals surface area contributed by atoms with E-state index in [9.17, 15) is 0 Å². The first-order valence-corrected chi connectivity index (χ1v) is 7.24. The highest BCUT2D eigenvalue weighted by molar-refractivity contribution is 7.81. The minimum atomic E-state index is 0.424. The van der Waals surface area contributed by atoms with Crippen molar-refractivity contribution in [2.75, 3.05) is 18.5 Å². The van der Waals surface area contributed by atoms with E-state index >= 15 is 0 Å². The van der Waals surface area contributed by atoms with E-state index in [2.05, 4.69) is 32.8 Å². The van der Waals surface area contributed by atoms with Gasteiger partial charge in [-0.25, -0.2) is 19.9 Å². The van der Waals surface area contributed by atoms with Gasteiger partial charge < -0.3 is 9.04 Å². The maximum atomic E-state index is 6.09. The number of thiol groups is 1. The lowest BCUT2D eigenvalue weighted by molar-refractivity contribution is 0.397. The van der Waals surface area contributed by atoms with E-state index in [0.29, 0.717) is 28.5 Å². The lowest BCUT2D eigenvalue weighted by Gasteiger charge is -2.14. The zero-order valence-electron chi connectivity index (χ0n) is 11.6. The Bertz CT molecular complexity index is 678. The Balaban J connectivity index is 2.17. The maximum absolute atomic E-state index is 6.09. The van der Waals surface area contributed by atoms with E-state index in [1.807, 2.05) is 0 Å². The van der Waals surface area contributed by atoms with E-state index in [1.54, 1.807) is 24.7 Å². The SMILES string of the molecule is COc1ncnc(C2CC2)c1-c1ncc(Cl)c(N(C)S)n1. The Morgan fingerprint density at radius 1 is 1.33 bits per heavy atom. The molecule has 0 aliphatic heterocycles. The van der Waals surface area contributed by atoms with Crippen LogP contribution in [0.2, 0.25) is 5.02 Å². The summed E-state index contributed by atoms with van der Waals surface area (Å²) in [6.07, 6.45) is 5.28. The summed E-state index contributed by atoms with van der Waals surface area (Å²) in [5.74, 6) is 1.92. The summed E-state index contributed by atoms with van der Waals surface area (Å²) in [5.41, 5.74) is 1.66. The number of anilines is 1. The van der Waals surface area contributed by atoms with Crippen molar-refractivity contribution in [3.63, 3.8) is 0 Å². The third-order valence-electron chi connectivity index (χ3n) is 3.25. The molecule has 0 saturated heterocycles. The van der Waals surface area contributed by atoms with E-state index in [-0.39, 0.29) is 0 Å². The van der Waals surface area contributed by atoms with Crippen LogP contribution < -0.4 is 9.04 Å². The van der Waals surface area contributed by atoms with Crippen LogP contribution in [0.3, 0.4) is 0 Å². The first-order chi connectivity index (χ1) is 10.1. The molecule has 2 aromatic rings. The quantitative estimate of drug-likeness (QED) is 0.873. The van der Waals surface area contributed by atoms with Crippen molar-refractivity contribution >= 4 is 30.2 Å². The summed E-state index contributed by atoms with van der Waals surface area (Å²) in [6.45, 7) is 0. The molecule has 1 fully saturated rings. The Morgan fingerprint density at radius 2 is 2.10 bits per heavy atom. The smallest absolute Gasteiger partial charge is 0.227 e. The number of ether oxygens (including phenoxy) is 1. The fraction of sp³-hybridized carbons (Fsp3) is 0.385. The van der Waals surface area contributed by atoms with Crippen molar-refractivity contribution in [2.24, 2.45) is 0 Å². The molecule has 0 spiro atoms. The molecule has 1 aliphatic rings. The van der Waals surface area contributed by atoms with E-state index in [1.165, 1.54) is 6.33 Å². The average Bonchev–Trinajstić information content (AvgIpc) is 3.31. The van der Waals surface area contributed by atoms with Crippen molar-refractivity contribution in [3.05, 3.63) is 23.2 Å². The minimum absolute atomic E-state index is 0.424. The van der Waals surface area contributed by atoms with Crippen molar-refractivity contribution in [1.29, 1.82) is 0 Å². The third-order valence-corrected chi connectivity index (χ3v) is 3.71. The number of nitrogens with zero attached hydrogens (tertiary/aromatic N) is 5. The van der Waals surface area contributed by atoms with Crippen LogP contribution in [0.5, 0.6) is 5.88 Å².